The minimum Gasteiger partial charge on any atom is -0.486 e. The Kier molecular flexibility index (Phi) is 2.75. The zero-order valence-electron chi connectivity index (χ0n) is 7.44. The molecule has 0 aliphatic rings. The first-order chi connectivity index (χ1) is 6.84. The lowest BCUT2D eigenvalue weighted by Gasteiger charge is -2.03. The molecule has 1 aromatic heterocycles. The fourth-order valence-corrected chi connectivity index (χ4v) is 1.29. The molecule has 3 heteroatoms. The van der Waals surface area contributed by atoms with Crippen LogP contribution < -0.4 is 4.74 Å². The predicted octanol–water partition coefficient (Wildman–Crippen LogP) is 3.51. The molecule has 72 valence electrons. The van der Waals surface area contributed by atoms with Crippen LogP contribution in [0.2, 0.25) is 5.02 Å². The Morgan fingerprint density at radius 3 is 2.86 bits per heavy atom. The van der Waals surface area contributed by atoms with Crippen LogP contribution >= 0.6 is 11.6 Å². The third-order valence-electron chi connectivity index (χ3n) is 1.76. The quantitative estimate of drug-likeness (QED) is 0.770. The highest BCUT2D eigenvalue weighted by Crippen LogP contribution is 2.18. The van der Waals surface area contributed by atoms with Crippen LogP contribution in [0.5, 0.6) is 5.75 Å². The molecule has 0 aliphatic carbocycles. The fraction of sp³-hybridized carbons (Fsp3) is 0.0909. The van der Waals surface area contributed by atoms with Gasteiger partial charge in [-0.3, -0.25) is 0 Å². The van der Waals surface area contributed by atoms with Crippen LogP contribution in [-0.4, -0.2) is 0 Å². The molecule has 2 nitrogen and oxygen atoms in total. The van der Waals surface area contributed by atoms with E-state index in [1.165, 1.54) is 0 Å². The van der Waals surface area contributed by atoms with Gasteiger partial charge in [-0.15, -0.1) is 0 Å². The van der Waals surface area contributed by atoms with E-state index in [1.54, 1.807) is 18.4 Å². The smallest absolute Gasteiger partial charge is 0.146 e. The van der Waals surface area contributed by atoms with E-state index in [0.717, 1.165) is 11.5 Å². The summed E-state index contributed by atoms with van der Waals surface area (Å²) in [6.45, 7) is 0.424. The zero-order valence-corrected chi connectivity index (χ0v) is 8.20. The standard InChI is InChI=1S/C11H9ClO2/c12-9-3-1-4-10(7-9)14-8-11-5-2-6-13-11/h1-7H,8H2. The van der Waals surface area contributed by atoms with Crippen LogP contribution in [0.3, 0.4) is 0 Å². The van der Waals surface area contributed by atoms with Gasteiger partial charge in [0.15, 0.2) is 0 Å². The first kappa shape index (κ1) is 9.16. The van der Waals surface area contributed by atoms with Crippen molar-refractivity contribution in [3.63, 3.8) is 0 Å². The molecular weight excluding hydrogens is 200 g/mol. The van der Waals surface area contributed by atoms with Crippen molar-refractivity contribution >= 4 is 11.6 Å². The highest BCUT2D eigenvalue weighted by Gasteiger charge is 1.97. The van der Waals surface area contributed by atoms with Gasteiger partial charge in [-0.2, -0.15) is 0 Å². The largest absolute Gasteiger partial charge is 0.486 e. The first-order valence-electron chi connectivity index (χ1n) is 4.25. The second-order valence-electron chi connectivity index (χ2n) is 2.83. The average molecular weight is 209 g/mol. The van der Waals surface area contributed by atoms with Gasteiger partial charge >= 0.3 is 0 Å². The molecule has 2 rings (SSSR count). The van der Waals surface area contributed by atoms with Gasteiger partial charge in [0.2, 0.25) is 0 Å². The summed E-state index contributed by atoms with van der Waals surface area (Å²) in [5, 5.41) is 0.668. The molecule has 0 fully saturated rings. The van der Waals surface area contributed by atoms with Crippen molar-refractivity contribution in [2.45, 2.75) is 6.61 Å². The summed E-state index contributed by atoms with van der Waals surface area (Å²) in [5.74, 6) is 1.54. The van der Waals surface area contributed by atoms with Gasteiger partial charge < -0.3 is 9.15 Å². The number of benzene rings is 1. The summed E-state index contributed by atoms with van der Waals surface area (Å²) in [6.07, 6.45) is 1.62. The maximum atomic E-state index is 5.80. The maximum absolute atomic E-state index is 5.80. The normalized spacial score (nSPS) is 10.1. The van der Waals surface area contributed by atoms with E-state index in [4.69, 9.17) is 20.8 Å². The van der Waals surface area contributed by atoms with Gasteiger partial charge in [-0.1, -0.05) is 17.7 Å². The Morgan fingerprint density at radius 2 is 2.14 bits per heavy atom. The monoisotopic (exact) mass is 208 g/mol. The molecule has 0 atom stereocenters. The highest BCUT2D eigenvalue weighted by atomic mass is 35.5. The molecule has 0 radical (unpaired) electrons. The highest BCUT2D eigenvalue weighted by molar-refractivity contribution is 6.30. The molecule has 14 heavy (non-hydrogen) atoms. The van der Waals surface area contributed by atoms with Crippen molar-refractivity contribution in [3.05, 3.63) is 53.4 Å². The molecule has 0 spiro atoms. The van der Waals surface area contributed by atoms with E-state index >= 15 is 0 Å². The van der Waals surface area contributed by atoms with Crippen LogP contribution in [-0.2, 0) is 6.61 Å². The lowest BCUT2D eigenvalue weighted by molar-refractivity contribution is 0.270. The summed E-state index contributed by atoms with van der Waals surface area (Å²) < 4.78 is 10.6. The zero-order chi connectivity index (χ0) is 9.80. The maximum Gasteiger partial charge on any atom is 0.146 e. The van der Waals surface area contributed by atoms with Crippen molar-refractivity contribution in [2.24, 2.45) is 0 Å². The molecule has 0 aliphatic heterocycles. The van der Waals surface area contributed by atoms with E-state index in [-0.39, 0.29) is 0 Å². The minimum absolute atomic E-state index is 0.424. The number of hydrogen-bond donors (Lipinski definition) is 0. The van der Waals surface area contributed by atoms with Gasteiger partial charge in [0, 0.05) is 5.02 Å². The Labute approximate surface area is 87.1 Å². The molecule has 0 N–H and O–H groups in total. The number of hydrogen-bond acceptors (Lipinski definition) is 2. The van der Waals surface area contributed by atoms with E-state index in [0.29, 0.717) is 11.6 Å². The fourth-order valence-electron chi connectivity index (χ4n) is 1.11. The van der Waals surface area contributed by atoms with Crippen LogP contribution in [0.4, 0.5) is 0 Å². The van der Waals surface area contributed by atoms with Crippen molar-refractivity contribution < 1.29 is 9.15 Å². The minimum atomic E-state index is 0.424. The summed E-state index contributed by atoms with van der Waals surface area (Å²) in [4.78, 5) is 0. The average Bonchev–Trinajstić information content (AvgIpc) is 2.67. The van der Waals surface area contributed by atoms with E-state index in [2.05, 4.69) is 0 Å². The molecule has 0 bridgehead atoms. The van der Waals surface area contributed by atoms with Gasteiger partial charge in [-0.05, 0) is 30.3 Å². The molecule has 1 heterocycles. The first-order valence-corrected chi connectivity index (χ1v) is 4.63. The number of halogens is 1. The van der Waals surface area contributed by atoms with Gasteiger partial charge in [0.05, 0.1) is 6.26 Å². The molecular formula is C11H9ClO2. The topological polar surface area (TPSA) is 22.4 Å². The van der Waals surface area contributed by atoms with Crippen molar-refractivity contribution in [1.82, 2.24) is 0 Å². The predicted molar refractivity (Wildman–Crippen MR) is 54.5 cm³/mol. The molecule has 0 amide bonds. The van der Waals surface area contributed by atoms with Gasteiger partial charge in [0.1, 0.15) is 18.1 Å². The Balaban J connectivity index is 1.98. The third-order valence-corrected chi connectivity index (χ3v) is 1.99. The second kappa shape index (κ2) is 4.20. The Hall–Kier alpha value is -1.41. The van der Waals surface area contributed by atoms with Crippen molar-refractivity contribution in [3.8, 4) is 5.75 Å². The van der Waals surface area contributed by atoms with Gasteiger partial charge in [0.25, 0.3) is 0 Å². The van der Waals surface area contributed by atoms with Crippen molar-refractivity contribution in [2.75, 3.05) is 0 Å². The third kappa shape index (κ3) is 2.30. The Bertz CT molecular complexity index is 395. The lowest BCUT2D eigenvalue weighted by Crippen LogP contribution is -1.92. The molecule has 2 aromatic rings. The summed E-state index contributed by atoms with van der Waals surface area (Å²) in [6, 6.07) is 11.0. The summed E-state index contributed by atoms with van der Waals surface area (Å²) in [5.41, 5.74) is 0. The van der Waals surface area contributed by atoms with Crippen LogP contribution in [0.1, 0.15) is 5.76 Å². The number of ether oxygens (including phenoxy) is 1. The molecule has 1 aromatic carbocycles. The Morgan fingerprint density at radius 1 is 1.21 bits per heavy atom. The molecule has 0 saturated heterocycles. The molecule has 0 saturated carbocycles. The lowest BCUT2D eigenvalue weighted by atomic mass is 10.3. The van der Waals surface area contributed by atoms with E-state index < -0.39 is 0 Å². The number of rotatable bonds is 3. The van der Waals surface area contributed by atoms with Gasteiger partial charge in [-0.25, -0.2) is 0 Å². The molecule has 0 unspecified atom stereocenters. The SMILES string of the molecule is Clc1cccc(OCc2ccco2)c1. The van der Waals surface area contributed by atoms with Crippen LogP contribution in [0.15, 0.2) is 47.1 Å². The second-order valence-corrected chi connectivity index (χ2v) is 3.26. The number of furan rings is 1. The van der Waals surface area contributed by atoms with Crippen LogP contribution in [0, 0.1) is 0 Å². The summed E-state index contributed by atoms with van der Waals surface area (Å²) in [7, 11) is 0. The van der Waals surface area contributed by atoms with Crippen molar-refractivity contribution in [1.29, 1.82) is 0 Å². The van der Waals surface area contributed by atoms with E-state index in [1.807, 2.05) is 24.3 Å². The van der Waals surface area contributed by atoms with E-state index in [9.17, 15) is 0 Å². The summed E-state index contributed by atoms with van der Waals surface area (Å²) >= 11 is 5.80. The van der Waals surface area contributed by atoms with Crippen LogP contribution in [0.25, 0.3) is 0 Å².